The number of nitro benzene ring substituents is 1. The summed E-state index contributed by atoms with van der Waals surface area (Å²) in [6, 6.07) is 4.99. The molecule has 0 aliphatic heterocycles. The molecule has 0 atom stereocenters. The van der Waals surface area contributed by atoms with Gasteiger partial charge in [0.25, 0.3) is 17.5 Å². The SMILES string of the molecule is CCOc1ncnc(NNC(=O)c2cccc([N+](=O)[O-])c2)c1[N+](=O)[O-]. The lowest BCUT2D eigenvalue weighted by Crippen LogP contribution is -2.30. The van der Waals surface area contributed by atoms with Crippen LogP contribution in [-0.2, 0) is 0 Å². The lowest BCUT2D eigenvalue weighted by molar-refractivity contribution is -0.385. The molecule has 1 aromatic heterocycles. The Kier molecular flexibility index (Phi) is 5.35. The molecular formula is C13H12N6O6. The molecule has 1 heterocycles. The molecule has 0 bridgehead atoms. The highest BCUT2D eigenvalue weighted by atomic mass is 16.6. The zero-order valence-electron chi connectivity index (χ0n) is 12.8. The van der Waals surface area contributed by atoms with Crippen molar-refractivity contribution in [2.24, 2.45) is 0 Å². The minimum absolute atomic E-state index is 0.0107. The highest BCUT2D eigenvalue weighted by molar-refractivity contribution is 5.95. The van der Waals surface area contributed by atoms with Crippen LogP contribution in [0.1, 0.15) is 17.3 Å². The van der Waals surface area contributed by atoms with Gasteiger partial charge < -0.3 is 4.74 Å². The van der Waals surface area contributed by atoms with Crippen molar-refractivity contribution < 1.29 is 19.4 Å². The first-order valence-electron chi connectivity index (χ1n) is 6.87. The van der Waals surface area contributed by atoms with E-state index in [2.05, 4.69) is 20.8 Å². The molecule has 0 aliphatic carbocycles. The Balaban J connectivity index is 2.19. The van der Waals surface area contributed by atoms with Crippen LogP contribution in [0, 0.1) is 20.2 Å². The molecule has 2 rings (SSSR count). The fraction of sp³-hybridized carbons (Fsp3) is 0.154. The molecule has 25 heavy (non-hydrogen) atoms. The van der Waals surface area contributed by atoms with E-state index in [0.717, 1.165) is 12.4 Å². The van der Waals surface area contributed by atoms with Crippen LogP contribution >= 0.6 is 0 Å². The molecule has 2 aromatic rings. The molecule has 1 amide bonds. The number of ether oxygens (including phenoxy) is 1. The first-order valence-corrected chi connectivity index (χ1v) is 6.87. The van der Waals surface area contributed by atoms with Gasteiger partial charge in [-0.1, -0.05) is 6.07 Å². The van der Waals surface area contributed by atoms with E-state index in [0.29, 0.717) is 0 Å². The molecular weight excluding hydrogens is 336 g/mol. The van der Waals surface area contributed by atoms with Crippen LogP contribution in [0.4, 0.5) is 17.2 Å². The lowest BCUT2D eigenvalue weighted by Gasteiger charge is -2.09. The van der Waals surface area contributed by atoms with Crippen molar-refractivity contribution in [3.63, 3.8) is 0 Å². The van der Waals surface area contributed by atoms with E-state index in [1.54, 1.807) is 6.92 Å². The minimum atomic E-state index is -0.757. The highest BCUT2D eigenvalue weighted by Gasteiger charge is 2.24. The number of rotatable bonds is 7. The molecule has 0 radical (unpaired) electrons. The third-order valence-electron chi connectivity index (χ3n) is 2.87. The number of hydrazine groups is 1. The minimum Gasteiger partial charge on any atom is -0.473 e. The van der Waals surface area contributed by atoms with E-state index in [1.165, 1.54) is 18.2 Å². The van der Waals surface area contributed by atoms with Gasteiger partial charge in [-0.15, -0.1) is 0 Å². The largest absolute Gasteiger partial charge is 0.473 e. The Bertz CT molecular complexity index is 826. The average molecular weight is 348 g/mol. The van der Waals surface area contributed by atoms with Crippen molar-refractivity contribution in [2.75, 3.05) is 12.0 Å². The van der Waals surface area contributed by atoms with Crippen molar-refractivity contribution in [1.29, 1.82) is 0 Å². The summed E-state index contributed by atoms with van der Waals surface area (Å²) in [6.07, 6.45) is 1.03. The Morgan fingerprint density at radius 1 is 1.24 bits per heavy atom. The number of non-ortho nitro benzene ring substituents is 1. The number of hydrogen-bond donors (Lipinski definition) is 2. The summed E-state index contributed by atoms with van der Waals surface area (Å²) in [5.41, 5.74) is 3.65. The van der Waals surface area contributed by atoms with Gasteiger partial charge in [0, 0.05) is 17.7 Å². The maximum atomic E-state index is 12.0. The van der Waals surface area contributed by atoms with E-state index < -0.39 is 21.4 Å². The van der Waals surface area contributed by atoms with Gasteiger partial charge in [0.1, 0.15) is 6.33 Å². The number of carbonyl (C=O) groups excluding carboxylic acids is 1. The summed E-state index contributed by atoms with van der Waals surface area (Å²) in [5, 5.41) is 21.9. The monoisotopic (exact) mass is 348 g/mol. The quantitative estimate of drug-likeness (QED) is 0.556. The predicted molar refractivity (Wildman–Crippen MR) is 84.0 cm³/mol. The summed E-state index contributed by atoms with van der Waals surface area (Å²) >= 11 is 0. The first kappa shape index (κ1) is 17.5. The van der Waals surface area contributed by atoms with Crippen molar-refractivity contribution in [2.45, 2.75) is 6.92 Å². The third kappa shape index (κ3) is 4.13. The average Bonchev–Trinajstić information content (AvgIpc) is 2.59. The zero-order valence-corrected chi connectivity index (χ0v) is 12.8. The molecule has 0 fully saturated rings. The zero-order chi connectivity index (χ0) is 18.4. The van der Waals surface area contributed by atoms with Gasteiger partial charge in [-0.25, -0.2) is 4.98 Å². The van der Waals surface area contributed by atoms with Gasteiger partial charge in [0.05, 0.1) is 16.5 Å². The number of nitrogens with one attached hydrogen (secondary N) is 2. The fourth-order valence-electron chi connectivity index (χ4n) is 1.81. The van der Waals surface area contributed by atoms with Crippen molar-refractivity contribution in [3.05, 3.63) is 56.4 Å². The second-order valence-corrected chi connectivity index (χ2v) is 4.45. The maximum Gasteiger partial charge on any atom is 0.374 e. The van der Waals surface area contributed by atoms with E-state index in [9.17, 15) is 25.0 Å². The smallest absolute Gasteiger partial charge is 0.374 e. The van der Waals surface area contributed by atoms with Crippen LogP contribution in [0.25, 0.3) is 0 Å². The van der Waals surface area contributed by atoms with Gasteiger partial charge in [-0.3, -0.25) is 35.9 Å². The van der Waals surface area contributed by atoms with Crippen molar-refractivity contribution >= 4 is 23.1 Å². The Morgan fingerprint density at radius 2 is 2.00 bits per heavy atom. The Labute approximate surface area is 140 Å². The number of benzene rings is 1. The number of amides is 1. The van der Waals surface area contributed by atoms with E-state index in [1.807, 2.05) is 0 Å². The number of nitro groups is 2. The highest BCUT2D eigenvalue weighted by Crippen LogP contribution is 2.30. The third-order valence-corrected chi connectivity index (χ3v) is 2.87. The van der Waals surface area contributed by atoms with Crippen molar-refractivity contribution in [1.82, 2.24) is 15.4 Å². The number of carbonyl (C=O) groups is 1. The number of nitrogens with zero attached hydrogens (tertiary/aromatic N) is 4. The second kappa shape index (κ2) is 7.63. The fourth-order valence-corrected chi connectivity index (χ4v) is 1.81. The van der Waals surface area contributed by atoms with Gasteiger partial charge in [0.15, 0.2) is 0 Å². The molecule has 0 saturated carbocycles. The summed E-state index contributed by atoms with van der Waals surface area (Å²) in [5.74, 6) is -1.29. The lowest BCUT2D eigenvalue weighted by atomic mass is 10.2. The van der Waals surface area contributed by atoms with Gasteiger partial charge in [-0.05, 0) is 13.0 Å². The Morgan fingerprint density at radius 3 is 2.64 bits per heavy atom. The summed E-state index contributed by atoms with van der Waals surface area (Å²) in [4.78, 5) is 39.9. The van der Waals surface area contributed by atoms with Crippen LogP contribution in [0.15, 0.2) is 30.6 Å². The maximum absolute atomic E-state index is 12.0. The molecule has 130 valence electrons. The topological polar surface area (TPSA) is 162 Å². The summed E-state index contributed by atoms with van der Waals surface area (Å²) in [7, 11) is 0. The van der Waals surface area contributed by atoms with Crippen LogP contribution in [0.2, 0.25) is 0 Å². The van der Waals surface area contributed by atoms with Crippen LogP contribution in [-0.4, -0.2) is 32.3 Å². The molecule has 2 N–H and O–H groups in total. The molecule has 0 spiro atoms. The van der Waals surface area contributed by atoms with Crippen molar-refractivity contribution in [3.8, 4) is 5.88 Å². The summed E-state index contributed by atoms with van der Waals surface area (Å²) in [6.45, 7) is 1.78. The number of anilines is 1. The first-order chi connectivity index (χ1) is 11.9. The number of hydrogen-bond acceptors (Lipinski definition) is 9. The van der Waals surface area contributed by atoms with E-state index in [-0.39, 0.29) is 29.6 Å². The van der Waals surface area contributed by atoms with Gasteiger partial charge in [-0.2, -0.15) is 4.98 Å². The van der Waals surface area contributed by atoms with E-state index >= 15 is 0 Å². The standard InChI is InChI=1S/C13H12N6O6/c1-2-25-13-10(19(23)24)11(14-7-15-13)16-17-12(20)8-4-3-5-9(6-8)18(21)22/h3-7H,2H2,1H3,(H,17,20)(H,14,15,16). The molecule has 0 unspecified atom stereocenters. The molecule has 1 aromatic carbocycles. The Hall–Kier alpha value is -3.83. The predicted octanol–water partition coefficient (Wildman–Crippen LogP) is 1.45. The molecule has 12 nitrogen and oxygen atoms in total. The van der Waals surface area contributed by atoms with Crippen LogP contribution < -0.4 is 15.6 Å². The molecule has 0 aliphatic rings. The molecule has 12 heteroatoms. The van der Waals surface area contributed by atoms with E-state index in [4.69, 9.17) is 4.74 Å². The van der Waals surface area contributed by atoms with Crippen LogP contribution in [0.5, 0.6) is 5.88 Å². The molecule has 0 saturated heterocycles. The normalized spacial score (nSPS) is 9.96. The van der Waals surface area contributed by atoms with Gasteiger partial charge >= 0.3 is 5.69 Å². The van der Waals surface area contributed by atoms with Gasteiger partial charge in [0.2, 0.25) is 5.82 Å². The second-order valence-electron chi connectivity index (χ2n) is 4.45. The summed E-state index contributed by atoms with van der Waals surface area (Å²) < 4.78 is 5.05. The van der Waals surface area contributed by atoms with Crippen LogP contribution in [0.3, 0.4) is 0 Å². The number of aromatic nitrogens is 2.